The van der Waals surface area contributed by atoms with E-state index in [-0.39, 0.29) is 28.4 Å². The monoisotopic (exact) mass is 518 g/mol. The molecule has 0 aliphatic carbocycles. The molecule has 0 unspecified atom stereocenters. The van der Waals surface area contributed by atoms with Gasteiger partial charge in [-0.3, -0.25) is 0 Å². The van der Waals surface area contributed by atoms with Gasteiger partial charge in [0.2, 0.25) is 12.0 Å². The highest BCUT2D eigenvalue weighted by atomic mass is 16.7. The average molecular weight is 518 g/mol. The van der Waals surface area contributed by atoms with Crippen LogP contribution in [0.15, 0.2) is 67.0 Å². The van der Waals surface area contributed by atoms with Gasteiger partial charge in [-0.1, -0.05) is 0 Å². The van der Waals surface area contributed by atoms with E-state index in [2.05, 4.69) is 0 Å². The summed E-state index contributed by atoms with van der Waals surface area (Å²) < 4.78 is 20.2. The standard InChI is InChI=1S/C15H16O9.C9H6O4/c16-5-10-12(19)13(20)14(21)15(24-10)23-9-3-6-1-2-11(18)22-8(6)4-7(9)17;10-6-3-1-5-2-4-7(11)13-9(5)8(6)12/h1-4,10,12-17,19-21H,5H2;1-4,10,12H/t10-,12-,13+,14-,15-;/m1./s1. The number of hydrogen-bond acceptors (Lipinski definition) is 13. The Balaban J connectivity index is 0.000000207. The molecule has 2 aromatic carbocycles. The van der Waals surface area contributed by atoms with Crippen LogP contribution in [0.1, 0.15) is 0 Å². The summed E-state index contributed by atoms with van der Waals surface area (Å²) in [6.45, 7) is -0.598. The van der Waals surface area contributed by atoms with E-state index in [4.69, 9.17) is 28.5 Å². The van der Waals surface area contributed by atoms with Gasteiger partial charge in [0.1, 0.15) is 30.0 Å². The number of rotatable bonds is 3. The Morgan fingerprint density at radius 1 is 0.757 bits per heavy atom. The molecule has 1 aliphatic heterocycles. The van der Waals surface area contributed by atoms with Gasteiger partial charge in [-0.2, -0.15) is 0 Å². The molecule has 2 aromatic heterocycles. The minimum atomic E-state index is -1.60. The summed E-state index contributed by atoms with van der Waals surface area (Å²) in [4.78, 5) is 22.0. The average Bonchev–Trinajstić information content (AvgIpc) is 2.87. The molecule has 0 saturated carbocycles. The molecule has 1 aliphatic rings. The van der Waals surface area contributed by atoms with Crippen LogP contribution in [0, 0.1) is 0 Å². The third kappa shape index (κ3) is 5.35. The van der Waals surface area contributed by atoms with Crippen molar-refractivity contribution in [1.82, 2.24) is 0 Å². The minimum Gasteiger partial charge on any atom is -0.504 e. The number of phenolic OH excluding ortho intramolecular Hbond substituents is 3. The van der Waals surface area contributed by atoms with Gasteiger partial charge in [0.05, 0.1) is 6.61 Å². The summed E-state index contributed by atoms with van der Waals surface area (Å²) in [6, 6.07) is 10.8. The van der Waals surface area contributed by atoms with Crippen LogP contribution in [0.4, 0.5) is 0 Å². The third-order valence-electron chi connectivity index (χ3n) is 5.53. The summed E-state index contributed by atoms with van der Waals surface area (Å²) in [5.41, 5.74) is -0.994. The number of aromatic hydroxyl groups is 3. The fourth-order valence-electron chi connectivity index (χ4n) is 3.58. The Morgan fingerprint density at radius 3 is 2.11 bits per heavy atom. The topological polar surface area (TPSA) is 220 Å². The summed E-state index contributed by atoms with van der Waals surface area (Å²) in [6.07, 6.45) is -7.27. The lowest BCUT2D eigenvalue weighted by atomic mass is 9.99. The molecule has 1 fully saturated rings. The van der Waals surface area contributed by atoms with E-state index in [1.54, 1.807) is 6.07 Å². The van der Waals surface area contributed by atoms with Crippen molar-refractivity contribution in [3.05, 3.63) is 69.4 Å². The third-order valence-corrected chi connectivity index (χ3v) is 5.53. The molecular weight excluding hydrogens is 496 g/mol. The SMILES string of the molecule is O=c1ccc2cc(O[C@@H]3O[C@H](CO)[C@@H](O)[C@H](O)[C@H]3O)c(O)cc2o1.O=c1ccc2ccc(O)c(O)c2o1. The smallest absolute Gasteiger partial charge is 0.336 e. The van der Waals surface area contributed by atoms with Crippen molar-refractivity contribution in [2.45, 2.75) is 30.7 Å². The molecule has 5 atom stereocenters. The lowest BCUT2D eigenvalue weighted by molar-refractivity contribution is -0.277. The predicted molar refractivity (Wildman–Crippen MR) is 124 cm³/mol. The van der Waals surface area contributed by atoms with E-state index in [1.807, 2.05) is 0 Å². The zero-order valence-electron chi connectivity index (χ0n) is 18.8. The first-order valence-electron chi connectivity index (χ1n) is 10.8. The zero-order valence-corrected chi connectivity index (χ0v) is 18.8. The fourth-order valence-corrected chi connectivity index (χ4v) is 3.58. The van der Waals surface area contributed by atoms with E-state index >= 15 is 0 Å². The molecule has 196 valence electrons. The Labute approximate surface area is 206 Å². The van der Waals surface area contributed by atoms with Crippen LogP contribution < -0.4 is 16.0 Å². The van der Waals surface area contributed by atoms with Crippen LogP contribution in [0.25, 0.3) is 21.9 Å². The van der Waals surface area contributed by atoms with Crippen molar-refractivity contribution < 1.29 is 54.1 Å². The van der Waals surface area contributed by atoms with Crippen molar-refractivity contribution in [1.29, 1.82) is 0 Å². The predicted octanol–water partition coefficient (Wildman–Crippen LogP) is -0.119. The maximum atomic E-state index is 11.2. The van der Waals surface area contributed by atoms with Crippen LogP contribution in [0.2, 0.25) is 0 Å². The molecule has 4 aromatic rings. The number of hydrogen-bond donors (Lipinski definition) is 7. The molecule has 37 heavy (non-hydrogen) atoms. The van der Waals surface area contributed by atoms with Gasteiger partial charge < -0.3 is 54.1 Å². The molecule has 1 saturated heterocycles. The van der Waals surface area contributed by atoms with Crippen molar-refractivity contribution in [2.24, 2.45) is 0 Å². The van der Waals surface area contributed by atoms with Crippen molar-refractivity contribution in [2.75, 3.05) is 6.61 Å². The molecule has 7 N–H and O–H groups in total. The van der Waals surface area contributed by atoms with Crippen LogP contribution in [0.3, 0.4) is 0 Å². The maximum absolute atomic E-state index is 11.2. The van der Waals surface area contributed by atoms with Gasteiger partial charge in [0.25, 0.3) is 0 Å². The lowest BCUT2D eigenvalue weighted by Gasteiger charge is -2.39. The Bertz CT molecular complexity index is 1520. The number of fused-ring (bicyclic) bond motifs is 2. The zero-order chi connectivity index (χ0) is 26.9. The number of benzene rings is 2. The number of ether oxygens (including phenoxy) is 2. The van der Waals surface area contributed by atoms with Gasteiger partial charge >= 0.3 is 11.3 Å². The van der Waals surface area contributed by atoms with Crippen LogP contribution in [-0.2, 0) is 4.74 Å². The molecule has 0 bridgehead atoms. The molecule has 3 heterocycles. The fraction of sp³-hybridized carbons (Fsp3) is 0.250. The van der Waals surface area contributed by atoms with E-state index in [0.717, 1.165) is 6.07 Å². The van der Waals surface area contributed by atoms with Gasteiger partial charge in [-0.15, -0.1) is 0 Å². The first-order chi connectivity index (χ1) is 17.6. The molecule has 13 nitrogen and oxygen atoms in total. The van der Waals surface area contributed by atoms with Crippen molar-refractivity contribution in [3.8, 4) is 23.0 Å². The lowest BCUT2D eigenvalue weighted by Crippen LogP contribution is -2.60. The largest absolute Gasteiger partial charge is 0.504 e. The molecule has 0 spiro atoms. The number of phenols is 3. The second kappa shape index (κ2) is 10.5. The minimum absolute atomic E-state index is 0.00694. The second-order valence-electron chi connectivity index (χ2n) is 8.03. The summed E-state index contributed by atoms with van der Waals surface area (Å²) in [5, 5.41) is 67.9. The number of aliphatic hydroxyl groups excluding tert-OH is 4. The summed E-state index contributed by atoms with van der Waals surface area (Å²) in [5.74, 6) is -1.19. The highest BCUT2D eigenvalue weighted by Crippen LogP contribution is 2.34. The normalized spacial score (nSPS) is 23.4. The highest BCUT2D eigenvalue weighted by Gasteiger charge is 2.44. The number of aliphatic hydroxyl groups is 4. The highest BCUT2D eigenvalue weighted by molar-refractivity contribution is 5.84. The van der Waals surface area contributed by atoms with Crippen LogP contribution in [0.5, 0.6) is 23.0 Å². The van der Waals surface area contributed by atoms with E-state index < -0.39 is 54.3 Å². The van der Waals surface area contributed by atoms with E-state index in [1.165, 1.54) is 36.4 Å². The summed E-state index contributed by atoms with van der Waals surface area (Å²) in [7, 11) is 0. The van der Waals surface area contributed by atoms with Crippen LogP contribution in [-0.4, -0.2) is 73.1 Å². The van der Waals surface area contributed by atoms with Gasteiger partial charge in [-0.25, -0.2) is 9.59 Å². The Kier molecular flexibility index (Phi) is 7.33. The molecule has 0 radical (unpaired) electrons. The maximum Gasteiger partial charge on any atom is 0.336 e. The van der Waals surface area contributed by atoms with E-state index in [9.17, 15) is 35.1 Å². The second-order valence-corrected chi connectivity index (χ2v) is 8.03. The summed E-state index contributed by atoms with van der Waals surface area (Å²) >= 11 is 0. The molecule has 5 rings (SSSR count). The quantitative estimate of drug-likeness (QED) is 0.139. The molecule has 13 heteroatoms. The van der Waals surface area contributed by atoms with E-state index in [0.29, 0.717) is 10.8 Å². The van der Waals surface area contributed by atoms with Gasteiger partial charge in [0.15, 0.2) is 22.8 Å². The Hall–Kier alpha value is -4.14. The van der Waals surface area contributed by atoms with Crippen molar-refractivity contribution >= 4 is 21.9 Å². The molecular formula is C24H22O13. The first-order valence-corrected chi connectivity index (χ1v) is 10.8. The molecule has 0 amide bonds. The van der Waals surface area contributed by atoms with Gasteiger partial charge in [-0.05, 0) is 30.3 Å². The Morgan fingerprint density at radius 2 is 1.41 bits per heavy atom. The van der Waals surface area contributed by atoms with Crippen LogP contribution >= 0.6 is 0 Å². The van der Waals surface area contributed by atoms with Crippen molar-refractivity contribution in [3.63, 3.8) is 0 Å². The van der Waals surface area contributed by atoms with Gasteiger partial charge in [0, 0.05) is 29.0 Å². The first kappa shape index (κ1) is 25.9.